The first-order valence-electron chi connectivity index (χ1n) is 20.7. The van der Waals surface area contributed by atoms with Gasteiger partial charge in [-0.2, -0.15) is 0 Å². The summed E-state index contributed by atoms with van der Waals surface area (Å²) in [6, 6.07) is 10.3. The van der Waals surface area contributed by atoms with Crippen LogP contribution < -0.4 is 19.7 Å². The fraction of sp³-hybridized carbons (Fsp3) is 0.537. The first-order valence-corrected chi connectivity index (χ1v) is 24.5. The molecule has 3 N–H and O–H groups in total. The van der Waals surface area contributed by atoms with Crippen LogP contribution in [-0.2, 0) is 19.8 Å². The maximum Gasteiger partial charge on any atom is 0.312 e. The summed E-state index contributed by atoms with van der Waals surface area (Å²) in [7, 11) is -4.64. The van der Waals surface area contributed by atoms with E-state index < -0.39 is 41.2 Å². The zero-order valence-corrected chi connectivity index (χ0v) is 36.0. The van der Waals surface area contributed by atoms with E-state index in [2.05, 4.69) is 51.1 Å². The second-order valence-corrected chi connectivity index (χ2v) is 21.6. The first-order chi connectivity index (χ1) is 28.6. The van der Waals surface area contributed by atoms with E-state index in [9.17, 15) is 27.5 Å². The van der Waals surface area contributed by atoms with Crippen LogP contribution in [0.1, 0.15) is 61.7 Å². The van der Waals surface area contributed by atoms with Crippen LogP contribution in [0.2, 0.25) is 0 Å². The SMILES string of the molecule is CN1CCN(C2CC3(CCN(c4ccc(C(=O)NS(=O)(=O)c5cnc(NCC6CCC(N=S(C)(C)=O)CC6)c([N+](=O)[O-])c5)c(Oc5cnc6[nH]ccc6c5)c4)CC3)C2)CC1. The number of nitrogens with one attached hydrogen (secondary N) is 3. The lowest BCUT2D eigenvalue weighted by atomic mass is 9.60. The summed E-state index contributed by atoms with van der Waals surface area (Å²) in [5.41, 5.74) is 1.29. The summed E-state index contributed by atoms with van der Waals surface area (Å²) in [5.74, 6) is -0.361. The molecule has 2 aliphatic carbocycles. The largest absolute Gasteiger partial charge is 0.455 e. The second-order valence-electron chi connectivity index (χ2n) is 17.3. The van der Waals surface area contributed by atoms with Gasteiger partial charge in [-0.05, 0) is 94.0 Å². The number of piperazine rings is 1. The number of piperidine rings is 1. The van der Waals surface area contributed by atoms with E-state index in [1.54, 1.807) is 43.0 Å². The fourth-order valence-electron chi connectivity index (χ4n) is 9.26. The molecule has 1 amide bonds. The van der Waals surface area contributed by atoms with Crippen molar-refractivity contribution in [3.8, 4) is 11.5 Å². The minimum Gasteiger partial charge on any atom is -0.455 e. The Balaban J connectivity index is 0.960. The van der Waals surface area contributed by atoms with Crippen LogP contribution in [0.3, 0.4) is 0 Å². The van der Waals surface area contributed by atoms with Crippen LogP contribution in [0.4, 0.5) is 17.2 Å². The van der Waals surface area contributed by atoms with Crippen LogP contribution >= 0.6 is 0 Å². The number of ether oxygens (including phenoxy) is 1. The maximum atomic E-state index is 13.9. The summed E-state index contributed by atoms with van der Waals surface area (Å²) in [6.45, 7) is 6.58. The van der Waals surface area contributed by atoms with Crippen LogP contribution in [0.15, 0.2) is 64.2 Å². The highest BCUT2D eigenvalue weighted by Gasteiger charge is 2.48. The smallest absolute Gasteiger partial charge is 0.312 e. The van der Waals surface area contributed by atoms with Crippen molar-refractivity contribution in [1.82, 2.24) is 29.5 Å². The number of anilines is 2. The molecular weight excluding hydrogens is 809 g/mol. The van der Waals surface area contributed by atoms with Gasteiger partial charge in [0.1, 0.15) is 22.0 Å². The van der Waals surface area contributed by atoms with Crippen LogP contribution in [-0.4, -0.2) is 126 Å². The van der Waals surface area contributed by atoms with E-state index >= 15 is 0 Å². The molecule has 0 unspecified atom stereocenters. The first kappa shape index (κ1) is 41.9. The number of H-pyrrole nitrogens is 1. The van der Waals surface area contributed by atoms with Crippen molar-refractivity contribution in [2.24, 2.45) is 15.7 Å². The summed E-state index contributed by atoms with van der Waals surface area (Å²) < 4.78 is 52.2. The van der Waals surface area contributed by atoms with E-state index in [1.807, 2.05) is 6.07 Å². The van der Waals surface area contributed by atoms with Gasteiger partial charge in [-0.25, -0.2) is 27.5 Å². The molecule has 0 atom stereocenters. The van der Waals surface area contributed by atoms with Gasteiger partial charge in [-0.1, -0.05) is 0 Å². The Morgan fingerprint density at radius 1 is 0.983 bits per heavy atom. The zero-order valence-electron chi connectivity index (χ0n) is 34.3. The highest BCUT2D eigenvalue weighted by molar-refractivity contribution is 7.92. The van der Waals surface area contributed by atoms with Crippen molar-refractivity contribution in [3.05, 3.63) is 70.7 Å². The molecule has 2 saturated heterocycles. The zero-order chi connectivity index (χ0) is 42.2. The molecule has 5 heterocycles. The number of benzene rings is 1. The Bertz CT molecular complexity index is 2470. The molecule has 4 aromatic rings. The number of aromatic nitrogens is 3. The van der Waals surface area contributed by atoms with Crippen molar-refractivity contribution in [2.45, 2.75) is 68.3 Å². The number of carbonyl (C=O) groups is 1. The molecule has 4 fully saturated rings. The number of hydrogen-bond donors (Lipinski definition) is 3. The van der Waals surface area contributed by atoms with Crippen LogP contribution in [0.5, 0.6) is 11.5 Å². The predicted octanol–water partition coefficient (Wildman–Crippen LogP) is 5.47. The third-order valence-electron chi connectivity index (χ3n) is 12.7. The van der Waals surface area contributed by atoms with Crippen LogP contribution in [0.25, 0.3) is 11.0 Å². The van der Waals surface area contributed by atoms with E-state index in [0.29, 0.717) is 29.4 Å². The molecule has 0 radical (unpaired) electrons. The van der Waals surface area contributed by atoms with E-state index in [4.69, 9.17) is 4.74 Å². The summed E-state index contributed by atoms with van der Waals surface area (Å²) in [5, 5.41) is 16.0. The van der Waals surface area contributed by atoms with Gasteiger partial charge in [0.15, 0.2) is 0 Å². The van der Waals surface area contributed by atoms with Crippen molar-refractivity contribution < 1.29 is 27.1 Å². The minimum absolute atomic E-state index is 0.0257. The number of hydrogen-bond acceptors (Lipinski definition) is 14. The Kier molecular flexibility index (Phi) is 11.8. The topological polar surface area (TPSA) is 208 Å². The lowest BCUT2D eigenvalue weighted by Gasteiger charge is -2.56. The van der Waals surface area contributed by atoms with Crippen molar-refractivity contribution in [3.63, 3.8) is 0 Å². The van der Waals surface area contributed by atoms with E-state index in [-0.39, 0.29) is 29.1 Å². The molecule has 4 aliphatic rings. The van der Waals surface area contributed by atoms with Crippen molar-refractivity contribution >= 4 is 53.9 Å². The number of nitro groups is 1. The number of rotatable bonds is 12. The van der Waals surface area contributed by atoms with Crippen molar-refractivity contribution in [1.29, 1.82) is 0 Å². The predicted molar refractivity (Wildman–Crippen MR) is 231 cm³/mol. The average molecular weight is 863 g/mol. The number of nitrogens with zero attached hydrogens (tertiary/aromatic N) is 7. The highest BCUT2D eigenvalue weighted by atomic mass is 32.2. The third kappa shape index (κ3) is 9.53. The Morgan fingerprint density at radius 3 is 2.42 bits per heavy atom. The normalized spacial score (nSPS) is 21.7. The standard InChI is InChI=1S/C41H54N10O7S2/c1-48-16-18-50(19-17-48)32-23-41(24-32)11-14-49(15-12-41)31-8-9-35(37(21-31)58-33-20-29-10-13-42-38(29)44-26-33)40(52)47-60(56,57)34-22-36(51(53)54)39(45-27-34)43-25-28-4-6-30(7-5-28)46-59(2,3)55/h8-10,13,20-22,26-28,30,32H,4-7,11-12,14-19,23-25H2,1-3H3,(H,42,44)(H,43,45)(H,47,52). The molecule has 2 saturated carbocycles. The number of fused-ring (bicyclic) bond motifs is 1. The number of pyridine rings is 2. The molecule has 2 aliphatic heterocycles. The molecule has 1 spiro atoms. The van der Waals surface area contributed by atoms with Gasteiger partial charge in [-0.3, -0.25) is 24.0 Å². The highest BCUT2D eigenvalue weighted by Crippen LogP contribution is 2.51. The number of aromatic amines is 1. The molecule has 60 heavy (non-hydrogen) atoms. The number of sulfonamides is 1. The van der Waals surface area contributed by atoms with Gasteiger partial charge in [0.25, 0.3) is 15.9 Å². The lowest BCUT2D eigenvalue weighted by Crippen LogP contribution is -2.58. The van der Waals surface area contributed by atoms with Crippen LogP contribution in [0, 0.1) is 21.4 Å². The number of amides is 1. The summed E-state index contributed by atoms with van der Waals surface area (Å²) >= 11 is 0. The van der Waals surface area contributed by atoms with Gasteiger partial charge >= 0.3 is 5.69 Å². The van der Waals surface area contributed by atoms with Gasteiger partial charge in [0.05, 0.1) is 28.9 Å². The third-order valence-corrected chi connectivity index (χ3v) is 14.9. The molecular formula is C41H54N10O7S2. The molecule has 3 aromatic heterocycles. The summed E-state index contributed by atoms with van der Waals surface area (Å²) in [6.07, 6.45) is 15.2. The minimum atomic E-state index is -4.62. The molecule has 322 valence electrons. The van der Waals surface area contributed by atoms with E-state index in [0.717, 1.165) is 101 Å². The lowest BCUT2D eigenvalue weighted by molar-refractivity contribution is -0.384. The van der Waals surface area contributed by atoms with Gasteiger partial charge in [0, 0.05) is 103 Å². The Labute approximate surface area is 351 Å². The maximum absolute atomic E-state index is 13.9. The molecule has 17 nitrogen and oxygen atoms in total. The average Bonchev–Trinajstić information content (AvgIpc) is 3.67. The van der Waals surface area contributed by atoms with E-state index in [1.165, 1.54) is 19.0 Å². The number of likely N-dealkylation sites (N-methyl/N-ethyl adjacent to an activating group) is 1. The fourth-order valence-corrected chi connectivity index (χ4v) is 11.1. The van der Waals surface area contributed by atoms with Gasteiger partial charge < -0.3 is 24.8 Å². The van der Waals surface area contributed by atoms with Gasteiger partial charge in [0.2, 0.25) is 5.82 Å². The molecule has 19 heteroatoms. The van der Waals surface area contributed by atoms with Crippen molar-refractivity contribution in [2.75, 3.05) is 75.6 Å². The van der Waals surface area contributed by atoms with Gasteiger partial charge in [-0.15, -0.1) is 0 Å². The molecule has 0 bridgehead atoms. The Hall–Kier alpha value is -4.85. The monoisotopic (exact) mass is 862 g/mol. The molecule has 1 aromatic carbocycles. The quantitative estimate of drug-likeness (QED) is 0.119. The summed E-state index contributed by atoms with van der Waals surface area (Å²) in [4.78, 5) is 43.7. The Morgan fingerprint density at radius 2 is 1.72 bits per heavy atom. The number of carbonyl (C=O) groups excluding carboxylic acids is 1. The molecule has 8 rings (SSSR count). The second kappa shape index (κ2) is 16.9.